The molecule has 71 heavy (non-hydrogen) atoms. The number of benzene rings is 10. The first kappa shape index (κ1) is 42.0. The molecule has 0 fully saturated rings. The van der Waals surface area contributed by atoms with Gasteiger partial charge in [-0.25, -0.2) is 0 Å². The topological polar surface area (TPSA) is 14.8 Å². The number of hydrogen-bond donors (Lipinski definition) is 0. The Morgan fingerprint density at radius 1 is 0.268 bits per heavy atom. The van der Waals surface area contributed by atoms with E-state index in [-0.39, 0.29) is 0 Å². The molecule has 0 unspecified atom stereocenters. The van der Waals surface area contributed by atoms with E-state index in [1.807, 2.05) is 0 Å². The smallest absolute Gasteiger partial charge is 0.0534 e. The monoisotopic (exact) mass is 907 g/mol. The molecule has 0 atom stereocenters. The second-order valence-corrected chi connectivity index (χ2v) is 18.5. The molecule has 0 bridgehead atoms. The number of para-hydroxylation sites is 5. The van der Waals surface area contributed by atoms with Crippen molar-refractivity contribution in [3.05, 3.63) is 253 Å². The lowest BCUT2D eigenvalue weighted by Crippen LogP contribution is -1.92. The van der Waals surface area contributed by atoms with Gasteiger partial charge in [0.2, 0.25) is 0 Å². The minimum atomic E-state index is 0.932. The average molecular weight is 908 g/mol. The Hall–Kier alpha value is -9.18. The van der Waals surface area contributed by atoms with Crippen molar-refractivity contribution in [1.29, 1.82) is 0 Å². The summed E-state index contributed by atoms with van der Waals surface area (Å²) >= 11 is 0. The van der Waals surface area contributed by atoms with E-state index < -0.39 is 0 Å². The highest BCUT2D eigenvalue weighted by molar-refractivity contribution is 6.11. The van der Waals surface area contributed by atoms with Crippen LogP contribution in [0, 0.1) is 0 Å². The van der Waals surface area contributed by atoms with Crippen LogP contribution in [-0.2, 0) is 6.54 Å². The summed E-state index contributed by atoms with van der Waals surface area (Å²) in [4.78, 5) is 0. The Balaban J connectivity index is 0.823. The van der Waals surface area contributed by atoms with Crippen LogP contribution in [0.4, 0.5) is 0 Å². The summed E-state index contributed by atoms with van der Waals surface area (Å²) in [7, 11) is 0. The molecule has 3 heteroatoms. The molecular weight excluding hydrogens is 859 g/mol. The van der Waals surface area contributed by atoms with Crippen LogP contribution >= 0.6 is 0 Å². The molecule has 0 amide bonds. The SMILES string of the molecule is CCn1c2ccccc2c2ccc(C=Cc3ccc(-c4cc(-c5ccc(C=Cn6c7ccccc7c7ccccc76)cc5)cc(-c5ccc(/C=C/n6c7ccccc7c7ccccc76)cc5)c4)cc3)cc21. The molecule has 3 nitrogen and oxygen atoms in total. The zero-order valence-electron chi connectivity index (χ0n) is 39.5. The van der Waals surface area contributed by atoms with Gasteiger partial charge in [-0.3, -0.25) is 0 Å². The standard InChI is InChI=1S/C68H49N3/c1-2-69-63-18-8-3-17-61(63)62-38-31-50(43-68(62)69)24-23-47-25-32-51(33-26-47)54-44-55(52-34-27-48(28-35-52)39-41-70-64-19-9-4-13-57(64)58-14-5-10-20-65(58)70)46-56(45-54)53-36-29-49(30-37-53)40-42-71-66-21-11-6-15-59(66)60-16-7-12-22-67(60)71/h3-46H,2H2,1H3/b24-23?,41-39+,42-40?. The van der Waals surface area contributed by atoms with E-state index in [9.17, 15) is 0 Å². The molecular formula is C68H49N3. The van der Waals surface area contributed by atoms with E-state index in [2.05, 4.69) is 288 Å². The van der Waals surface area contributed by atoms with Crippen LogP contribution in [0.25, 0.3) is 136 Å². The Morgan fingerprint density at radius 2 is 0.577 bits per heavy atom. The highest BCUT2D eigenvalue weighted by atomic mass is 15.0. The summed E-state index contributed by atoms with van der Waals surface area (Å²) in [6.45, 7) is 3.16. The number of aromatic nitrogens is 3. The second kappa shape index (κ2) is 17.7. The molecule has 336 valence electrons. The summed E-state index contributed by atoms with van der Waals surface area (Å²) in [5.41, 5.74) is 19.1. The third kappa shape index (κ3) is 7.65. The van der Waals surface area contributed by atoms with E-state index in [4.69, 9.17) is 0 Å². The van der Waals surface area contributed by atoms with Crippen molar-refractivity contribution in [2.24, 2.45) is 0 Å². The number of aryl methyl sites for hydroxylation is 1. The van der Waals surface area contributed by atoms with Crippen LogP contribution in [-0.4, -0.2) is 13.7 Å². The third-order valence-corrected chi connectivity index (χ3v) is 14.3. The Bertz CT molecular complexity index is 3930. The first-order valence-electron chi connectivity index (χ1n) is 24.6. The van der Waals surface area contributed by atoms with Crippen LogP contribution < -0.4 is 0 Å². The molecule has 0 saturated heterocycles. The Kier molecular flexibility index (Phi) is 10.5. The van der Waals surface area contributed by atoms with Gasteiger partial charge in [-0.2, -0.15) is 0 Å². The van der Waals surface area contributed by atoms with Gasteiger partial charge in [-0.15, -0.1) is 0 Å². The normalized spacial score (nSPS) is 12.2. The minimum Gasteiger partial charge on any atom is -0.341 e. The number of fused-ring (bicyclic) bond motifs is 9. The maximum atomic E-state index is 2.41. The van der Waals surface area contributed by atoms with Crippen molar-refractivity contribution in [3.63, 3.8) is 0 Å². The molecule has 10 aromatic carbocycles. The Labute approximate surface area is 413 Å². The molecule has 0 aliphatic carbocycles. The average Bonchev–Trinajstić information content (AvgIpc) is 4.06. The van der Waals surface area contributed by atoms with Crippen LogP contribution in [0.15, 0.2) is 231 Å². The van der Waals surface area contributed by atoms with Crippen LogP contribution in [0.5, 0.6) is 0 Å². The van der Waals surface area contributed by atoms with Gasteiger partial charge in [-0.05, 0) is 129 Å². The van der Waals surface area contributed by atoms with Crippen LogP contribution in [0.1, 0.15) is 29.2 Å². The van der Waals surface area contributed by atoms with E-state index in [0.29, 0.717) is 0 Å². The van der Waals surface area contributed by atoms with Gasteiger partial charge in [-0.1, -0.05) is 188 Å². The lowest BCUT2D eigenvalue weighted by Gasteiger charge is -2.12. The van der Waals surface area contributed by atoms with Crippen molar-refractivity contribution < 1.29 is 0 Å². The summed E-state index contributed by atoms with van der Waals surface area (Å²) in [6.07, 6.45) is 13.3. The van der Waals surface area contributed by atoms with E-state index in [1.165, 1.54) is 104 Å². The fourth-order valence-electron chi connectivity index (χ4n) is 10.7. The van der Waals surface area contributed by atoms with Gasteiger partial charge in [0, 0.05) is 62.3 Å². The minimum absolute atomic E-state index is 0.932. The zero-order valence-corrected chi connectivity index (χ0v) is 39.5. The predicted octanol–water partition coefficient (Wildman–Crippen LogP) is 18.5. The number of rotatable bonds is 10. The van der Waals surface area contributed by atoms with Crippen molar-refractivity contribution in [2.45, 2.75) is 13.5 Å². The maximum absolute atomic E-state index is 2.41. The molecule has 3 aromatic heterocycles. The first-order chi connectivity index (χ1) is 35.1. The number of hydrogen-bond acceptors (Lipinski definition) is 0. The van der Waals surface area contributed by atoms with Crippen molar-refractivity contribution in [2.75, 3.05) is 0 Å². The van der Waals surface area contributed by atoms with Crippen molar-refractivity contribution in [1.82, 2.24) is 13.7 Å². The fourth-order valence-corrected chi connectivity index (χ4v) is 10.7. The second-order valence-electron chi connectivity index (χ2n) is 18.5. The van der Waals surface area contributed by atoms with Gasteiger partial charge in [0.15, 0.2) is 0 Å². The molecule has 0 spiro atoms. The van der Waals surface area contributed by atoms with E-state index >= 15 is 0 Å². The fraction of sp³-hybridized carbons (Fsp3) is 0.0294. The number of nitrogens with zero attached hydrogens (tertiary/aromatic N) is 3. The summed E-state index contributed by atoms with van der Waals surface area (Å²) in [5, 5.41) is 7.67. The van der Waals surface area contributed by atoms with E-state index in [1.54, 1.807) is 0 Å². The van der Waals surface area contributed by atoms with Crippen molar-refractivity contribution in [3.8, 4) is 33.4 Å². The van der Waals surface area contributed by atoms with Gasteiger partial charge in [0.25, 0.3) is 0 Å². The molecule has 0 N–H and O–H groups in total. The quantitative estimate of drug-likeness (QED) is 0.121. The summed E-state index contributed by atoms with van der Waals surface area (Å²) in [5.74, 6) is 0. The van der Waals surface area contributed by atoms with Gasteiger partial charge in [0.1, 0.15) is 0 Å². The highest BCUT2D eigenvalue weighted by Gasteiger charge is 2.13. The first-order valence-corrected chi connectivity index (χ1v) is 24.6. The maximum Gasteiger partial charge on any atom is 0.0534 e. The zero-order chi connectivity index (χ0) is 47.3. The lowest BCUT2D eigenvalue weighted by molar-refractivity contribution is 0.827. The van der Waals surface area contributed by atoms with E-state index in [0.717, 1.165) is 23.2 Å². The third-order valence-electron chi connectivity index (χ3n) is 14.3. The van der Waals surface area contributed by atoms with Gasteiger partial charge >= 0.3 is 0 Å². The molecule has 0 radical (unpaired) electrons. The molecule has 0 aliphatic heterocycles. The largest absolute Gasteiger partial charge is 0.341 e. The lowest BCUT2D eigenvalue weighted by atomic mass is 9.92. The summed E-state index contributed by atoms with van der Waals surface area (Å²) < 4.78 is 7.01. The molecule has 3 heterocycles. The highest BCUT2D eigenvalue weighted by Crippen LogP contribution is 2.36. The molecule has 0 saturated carbocycles. The van der Waals surface area contributed by atoms with Crippen LogP contribution in [0.2, 0.25) is 0 Å². The molecule has 13 aromatic rings. The van der Waals surface area contributed by atoms with Gasteiger partial charge in [0.05, 0.1) is 22.1 Å². The molecule has 13 rings (SSSR count). The van der Waals surface area contributed by atoms with Crippen LogP contribution in [0.3, 0.4) is 0 Å². The Morgan fingerprint density at radius 3 is 0.972 bits per heavy atom. The predicted molar refractivity (Wildman–Crippen MR) is 306 cm³/mol. The van der Waals surface area contributed by atoms with Crippen molar-refractivity contribution >= 4 is 102 Å². The van der Waals surface area contributed by atoms with Gasteiger partial charge < -0.3 is 13.7 Å². The molecule has 0 aliphatic rings. The summed E-state index contributed by atoms with van der Waals surface area (Å²) in [6, 6.07) is 84.0.